The van der Waals surface area contributed by atoms with Crippen LogP contribution in [0.4, 0.5) is 0 Å². The number of oxime groups is 1. The van der Waals surface area contributed by atoms with Crippen LogP contribution in [0.25, 0.3) is 0 Å². The van der Waals surface area contributed by atoms with E-state index in [0.29, 0.717) is 12.5 Å². The van der Waals surface area contributed by atoms with Crippen molar-refractivity contribution in [2.75, 3.05) is 6.61 Å². The molecule has 2 heterocycles. The molecule has 5 nitrogen and oxygen atoms in total. The number of nitrogens with zero attached hydrogens (tertiary/aromatic N) is 2. The van der Waals surface area contributed by atoms with Crippen molar-refractivity contribution in [3.05, 3.63) is 30.6 Å². The van der Waals surface area contributed by atoms with Crippen LogP contribution in [0.5, 0.6) is 0 Å². The van der Waals surface area contributed by atoms with Gasteiger partial charge in [-0.15, -0.1) is 6.58 Å². The minimum atomic E-state index is -0.00472. The van der Waals surface area contributed by atoms with Crippen molar-refractivity contribution in [1.29, 1.82) is 0 Å². The second kappa shape index (κ2) is 3.95. The number of nitrogens with one attached hydrogen (secondary N) is 1. The van der Waals surface area contributed by atoms with E-state index in [4.69, 9.17) is 9.57 Å². The van der Waals surface area contributed by atoms with Crippen molar-refractivity contribution in [3.63, 3.8) is 0 Å². The van der Waals surface area contributed by atoms with E-state index in [9.17, 15) is 0 Å². The fourth-order valence-corrected chi connectivity index (χ4v) is 1.18. The van der Waals surface area contributed by atoms with Crippen LogP contribution in [0.2, 0.25) is 0 Å². The molecule has 0 amide bonds. The van der Waals surface area contributed by atoms with Crippen molar-refractivity contribution in [2.45, 2.75) is 12.5 Å². The molecule has 1 aliphatic rings. The quantitative estimate of drug-likeness (QED) is 0.730. The van der Waals surface area contributed by atoms with Gasteiger partial charge in [-0.25, -0.2) is 0 Å². The topological polar surface area (TPSA) is 59.5 Å². The normalized spacial score (nSPS) is 20.6. The summed E-state index contributed by atoms with van der Waals surface area (Å²) >= 11 is 0. The van der Waals surface area contributed by atoms with Gasteiger partial charge >= 0.3 is 0 Å². The summed E-state index contributed by atoms with van der Waals surface area (Å²) in [4.78, 5) is 5.04. The first-order chi connectivity index (χ1) is 6.90. The summed E-state index contributed by atoms with van der Waals surface area (Å²) in [6, 6.07) is 0. The third-order valence-electron chi connectivity index (χ3n) is 1.86. The molecule has 0 bridgehead atoms. The highest BCUT2D eigenvalue weighted by molar-refractivity contribution is 5.93. The van der Waals surface area contributed by atoms with Gasteiger partial charge in [-0.05, 0) is 5.16 Å². The van der Waals surface area contributed by atoms with Crippen molar-refractivity contribution < 1.29 is 9.57 Å². The smallest absolute Gasteiger partial charge is 0.261 e. The molecule has 1 atom stereocenters. The highest BCUT2D eigenvalue weighted by Crippen LogP contribution is 2.12. The Morgan fingerprint density at radius 3 is 3.36 bits per heavy atom. The van der Waals surface area contributed by atoms with E-state index in [1.165, 1.54) is 0 Å². The van der Waals surface area contributed by atoms with Crippen LogP contribution >= 0.6 is 0 Å². The largest absolute Gasteiger partial charge is 0.468 e. The monoisotopic (exact) mass is 193 g/mol. The molecule has 1 aliphatic heterocycles. The fraction of sp³-hybridized carbons (Fsp3) is 0.333. The molecule has 1 unspecified atom stereocenters. The summed E-state index contributed by atoms with van der Waals surface area (Å²) in [6.45, 7) is 4.11. The van der Waals surface area contributed by atoms with Gasteiger partial charge in [-0.1, -0.05) is 6.08 Å². The van der Waals surface area contributed by atoms with Crippen molar-refractivity contribution in [1.82, 2.24) is 10.2 Å². The van der Waals surface area contributed by atoms with Gasteiger partial charge in [0.2, 0.25) is 0 Å². The average molecular weight is 193 g/mol. The summed E-state index contributed by atoms with van der Waals surface area (Å²) in [7, 11) is 0. The van der Waals surface area contributed by atoms with Crippen molar-refractivity contribution >= 4 is 5.90 Å². The SMILES string of the molecule is C=CCC1CON=C(c2cn[nH]c2)O1. The standard InChI is InChI=1S/C9H11N3O2/c1-2-3-8-6-13-12-9(14-8)7-4-10-11-5-7/h2,4-5,8H,1,3,6H2,(H,10,11). The molecule has 0 spiro atoms. The van der Waals surface area contributed by atoms with E-state index >= 15 is 0 Å². The van der Waals surface area contributed by atoms with Crippen LogP contribution < -0.4 is 0 Å². The summed E-state index contributed by atoms with van der Waals surface area (Å²) in [5.41, 5.74) is 0.791. The Kier molecular flexibility index (Phi) is 2.48. The molecule has 1 aromatic heterocycles. The number of ether oxygens (including phenoxy) is 1. The summed E-state index contributed by atoms with van der Waals surface area (Å²) < 4.78 is 5.56. The minimum Gasteiger partial charge on any atom is -0.468 e. The van der Waals surface area contributed by atoms with E-state index in [-0.39, 0.29) is 6.10 Å². The van der Waals surface area contributed by atoms with Crippen LogP contribution in [-0.2, 0) is 9.57 Å². The Bertz CT molecular complexity index is 332. The number of hydrogen-bond acceptors (Lipinski definition) is 4. The lowest BCUT2D eigenvalue weighted by molar-refractivity contribution is 0.0123. The number of H-pyrrole nitrogens is 1. The Morgan fingerprint density at radius 1 is 1.71 bits per heavy atom. The first-order valence-corrected chi connectivity index (χ1v) is 4.37. The van der Waals surface area contributed by atoms with Crippen molar-refractivity contribution in [3.8, 4) is 0 Å². The predicted molar refractivity (Wildman–Crippen MR) is 50.8 cm³/mol. The van der Waals surface area contributed by atoms with Crippen LogP contribution in [0.3, 0.4) is 0 Å². The molecule has 14 heavy (non-hydrogen) atoms. The van der Waals surface area contributed by atoms with Crippen molar-refractivity contribution in [2.24, 2.45) is 5.16 Å². The molecule has 1 N–H and O–H groups in total. The summed E-state index contributed by atoms with van der Waals surface area (Å²) in [5, 5.41) is 10.3. The number of hydrogen-bond donors (Lipinski definition) is 1. The summed E-state index contributed by atoms with van der Waals surface area (Å²) in [5.74, 6) is 0.469. The maximum atomic E-state index is 5.56. The lowest BCUT2D eigenvalue weighted by Crippen LogP contribution is -2.27. The molecule has 74 valence electrons. The van der Waals surface area contributed by atoms with E-state index in [1.54, 1.807) is 18.5 Å². The van der Waals surface area contributed by atoms with Gasteiger partial charge in [0.25, 0.3) is 5.90 Å². The predicted octanol–water partition coefficient (Wildman–Crippen LogP) is 1.06. The van der Waals surface area contributed by atoms with Crippen LogP contribution in [-0.4, -0.2) is 28.8 Å². The molecule has 0 radical (unpaired) electrons. The van der Waals surface area contributed by atoms with Crippen LogP contribution in [0.1, 0.15) is 12.0 Å². The highest BCUT2D eigenvalue weighted by atomic mass is 16.7. The van der Waals surface area contributed by atoms with Gasteiger partial charge in [0, 0.05) is 12.6 Å². The molecule has 0 aliphatic carbocycles. The number of aromatic nitrogens is 2. The van der Waals surface area contributed by atoms with Gasteiger partial charge in [-0.2, -0.15) is 5.10 Å². The molecule has 2 rings (SSSR count). The Balaban J connectivity index is 2.07. The second-order valence-corrected chi connectivity index (χ2v) is 2.94. The number of aromatic amines is 1. The van der Waals surface area contributed by atoms with E-state index < -0.39 is 0 Å². The molecule has 0 aromatic carbocycles. The lowest BCUT2D eigenvalue weighted by atomic mass is 10.2. The molecule has 5 heteroatoms. The molecule has 0 fully saturated rings. The third-order valence-corrected chi connectivity index (χ3v) is 1.86. The average Bonchev–Trinajstić information content (AvgIpc) is 2.71. The van der Waals surface area contributed by atoms with E-state index in [1.807, 2.05) is 0 Å². The molecule has 0 saturated carbocycles. The van der Waals surface area contributed by atoms with E-state index in [2.05, 4.69) is 21.9 Å². The molecule has 1 aromatic rings. The zero-order chi connectivity index (χ0) is 9.80. The zero-order valence-corrected chi connectivity index (χ0v) is 7.64. The second-order valence-electron chi connectivity index (χ2n) is 2.94. The molecule has 0 saturated heterocycles. The third kappa shape index (κ3) is 1.76. The molecular formula is C9H11N3O2. The number of rotatable bonds is 3. The maximum absolute atomic E-state index is 5.56. The van der Waals surface area contributed by atoms with Gasteiger partial charge in [0.05, 0.1) is 11.8 Å². The Morgan fingerprint density at radius 2 is 2.64 bits per heavy atom. The first kappa shape index (κ1) is 8.80. The van der Waals surface area contributed by atoms with Gasteiger partial charge < -0.3 is 9.57 Å². The van der Waals surface area contributed by atoms with Gasteiger partial charge in [0.15, 0.2) is 6.61 Å². The minimum absolute atomic E-state index is 0.00472. The fourth-order valence-electron chi connectivity index (χ4n) is 1.18. The first-order valence-electron chi connectivity index (χ1n) is 4.37. The van der Waals surface area contributed by atoms with E-state index in [0.717, 1.165) is 12.0 Å². The van der Waals surface area contributed by atoms with Gasteiger partial charge in [0.1, 0.15) is 6.10 Å². The highest BCUT2D eigenvalue weighted by Gasteiger charge is 2.19. The Labute approximate surface area is 81.4 Å². The van der Waals surface area contributed by atoms with Crippen LogP contribution in [0, 0.1) is 0 Å². The Hall–Kier alpha value is -1.78. The lowest BCUT2D eigenvalue weighted by Gasteiger charge is -2.21. The summed E-state index contributed by atoms with van der Waals surface area (Å²) in [6.07, 6.45) is 5.88. The maximum Gasteiger partial charge on any atom is 0.261 e. The van der Waals surface area contributed by atoms with Gasteiger partial charge in [-0.3, -0.25) is 5.10 Å². The zero-order valence-electron chi connectivity index (χ0n) is 7.64. The molecular weight excluding hydrogens is 182 g/mol. The van der Waals surface area contributed by atoms with Crippen LogP contribution in [0.15, 0.2) is 30.2 Å².